The second kappa shape index (κ2) is 7.22. The van der Waals surface area contributed by atoms with Gasteiger partial charge in [-0.25, -0.2) is 15.2 Å². The molecule has 4 nitrogen and oxygen atoms in total. The van der Waals surface area contributed by atoms with Crippen LogP contribution in [0.25, 0.3) is 0 Å². The first kappa shape index (κ1) is 19.0. The van der Waals surface area contributed by atoms with Crippen LogP contribution in [0.4, 0.5) is 4.79 Å². The third-order valence-electron chi connectivity index (χ3n) is 6.11. The Morgan fingerprint density at radius 2 is 1.33 bits per heavy atom. The quantitative estimate of drug-likeness (QED) is 0.490. The van der Waals surface area contributed by atoms with Gasteiger partial charge >= 0.3 is 6.09 Å². The van der Waals surface area contributed by atoms with E-state index >= 15 is 0 Å². The Labute approximate surface area is 176 Å². The molecule has 0 saturated heterocycles. The molecule has 6 heteroatoms. The van der Waals surface area contributed by atoms with Crippen LogP contribution < -0.4 is 5.43 Å². The van der Waals surface area contributed by atoms with Crippen LogP contribution in [0, 0.1) is 0 Å². The number of nitrogens with zero attached hydrogens (tertiary/aromatic N) is 1. The lowest BCUT2D eigenvalue weighted by atomic mass is 9.69. The van der Waals surface area contributed by atoms with Crippen LogP contribution in [0.5, 0.6) is 0 Å². The van der Waals surface area contributed by atoms with Gasteiger partial charge in [0, 0.05) is 8.95 Å². The summed E-state index contributed by atoms with van der Waals surface area (Å²) >= 11 is 6.96. The molecule has 2 aromatic carbocycles. The van der Waals surface area contributed by atoms with Crippen molar-refractivity contribution >= 4 is 38.0 Å². The summed E-state index contributed by atoms with van der Waals surface area (Å²) in [6, 6.07) is 16.3. The van der Waals surface area contributed by atoms with E-state index in [4.69, 9.17) is 0 Å². The zero-order chi connectivity index (χ0) is 19.1. The van der Waals surface area contributed by atoms with Crippen LogP contribution in [-0.4, -0.2) is 16.2 Å². The third-order valence-corrected chi connectivity index (χ3v) is 7.17. The zero-order valence-electron chi connectivity index (χ0n) is 14.9. The number of carbonyl (C=O) groups is 1. The van der Waals surface area contributed by atoms with Gasteiger partial charge in [0.05, 0.1) is 11.1 Å². The van der Waals surface area contributed by atoms with Gasteiger partial charge in [-0.15, -0.1) is 0 Å². The molecule has 2 aromatic rings. The van der Waals surface area contributed by atoms with Gasteiger partial charge in [0.25, 0.3) is 0 Å². The highest BCUT2D eigenvalue weighted by atomic mass is 79.9. The molecular formula is C21H22Br2N2O2. The lowest BCUT2D eigenvalue weighted by molar-refractivity contribution is -0.0601. The van der Waals surface area contributed by atoms with Crippen molar-refractivity contribution in [3.8, 4) is 0 Å². The SMILES string of the molecule is O=C(O)N(NC1(c2ccc(Br)cc2)CCC1)C1(c2ccc(Br)cc2)CCC1. The highest BCUT2D eigenvalue weighted by molar-refractivity contribution is 9.10. The van der Waals surface area contributed by atoms with Gasteiger partial charge in [-0.3, -0.25) is 0 Å². The minimum Gasteiger partial charge on any atom is -0.464 e. The van der Waals surface area contributed by atoms with E-state index in [1.54, 1.807) is 0 Å². The summed E-state index contributed by atoms with van der Waals surface area (Å²) in [7, 11) is 0. The molecule has 0 unspecified atom stereocenters. The molecule has 2 aliphatic rings. The van der Waals surface area contributed by atoms with Crippen molar-refractivity contribution in [1.82, 2.24) is 10.4 Å². The largest absolute Gasteiger partial charge is 0.464 e. The fraction of sp³-hybridized carbons (Fsp3) is 0.381. The molecule has 0 aliphatic heterocycles. The van der Waals surface area contributed by atoms with Crippen LogP contribution in [0.2, 0.25) is 0 Å². The molecule has 0 heterocycles. The molecule has 2 fully saturated rings. The fourth-order valence-electron chi connectivity index (χ4n) is 4.23. The van der Waals surface area contributed by atoms with E-state index in [1.165, 1.54) is 5.01 Å². The first-order valence-electron chi connectivity index (χ1n) is 9.28. The average Bonchev–Trinajstić information content (AvgIpc) is 2.57. The minimum absolute atomic E-state index is 0.308. The van der Waals surface area contributed by atoms with Gasteiger partial charge < -0.3 is 5.11 Å². The van der Waals surface area contributed by atoms with Crippen LogP contribution >= 0.6 is 31.9 Å². The van der Waals surface area contributed by atoms with Crippen molar-refractivity contribution in [2.24, 2.45) is 0 Å². The Bertz CT molecular complexity index is 828. The summed E-state index contributed by atoms with van der Waals surface area (Å²) in [6.45, 7) is 0. The molecule has 2 saturated carbocycles. The molecule has 0 spiro atoms. The summed E-state index contributed by atoms with van der Waals surface area (Å²) in [4.78, 5) is 12.3. The monoisotopic (exact) mass is 492 g/mol. The average molecular weight is 494 g/mol. The van der Waals surface area contributed by atoms with Gasteiger partial charge in [0.15, 0.2) is 0 Å². The van der Waals surface area contributed by atoms with E-state index in [9.17, 15) is 9.90 Å². The Hall–Kier alpha value is -1.37. The zero-order valence-corrected chi connectivity index (χ0v) is 18.1. The van der Waals surface area contributed by atoms with Gasteiger partial charge in [-0.05, 0) is 73.9 Å². The van der Waals surface area contributed by atoms with Crippen molar-refractivity contribution < 1.29 is 9.90 Å². The maximum Gasteiger partial charge on any atom is 0.422 e. The second-order valence-corrected chi connectivity index (χ2v) is 9.40. The number of halogens is 2. The van der Waals surface area contributed by atoms with Crippen molar-refractivity contribution in [1.29, 1.82) is 0 Å². The summed E-state index contributed by atoms with van der Waals surface area (Å²) in [5, 5.41) is 11.6. The maximum atomic E-state index is 12.3. The smallest absolute Gasteiger partial charge is 0.422 e. The Morgan fingerprint density at radius 3 is 1.70 bits per heavy atom. The van der Waals surface area contributed by atoms with Gasteiger partial charge in [0.2, 0.25) is 0 Å². The van der Waals surface area contributed by atoms with Crippen LogP contribution in [0.3, 0.4) is 0 Å². The van der Waals surface area contributed by atoms with Crippen molar-refractivity contribution in [2.75, 3.05) is 0 Å². The molecule has 1 amide bonds. The van der Waals surface area contributed by atoms with Crippen molar-refractivity contribution in [3.63, 3.8) is 0 Å². The van der Waals surface area contributed by atoms with Gasteiger partial charge in [0.1, 0.15) is 0 Å². The molecule has 0 atom stereocenters. The number of amides is 1. The van der Waals surface area contributed by atoms with Crippen LogP contribution in [0.15, 0.2) is 57.5 Å². The van der Waals surface area contributed by atoms with Crippen LogP contribution in [0.1, 0.15) is 49.7 Å². The predicted molar refractivity (Wildman–Crippen MR) is 112 cm³/mol. The van der Waals surface area contributed by atoms with Crippen LogP contribution in [-0.2, 0) is 11.1 Å². The lowest BCUT2D eigenvalue weighted by Crippen LogP contribution is -2.66. The normalized spacial score (nSPS) is 19.6. The predicted octanol–water partition coefficient (Wildman–Crippen LogP) is 6.15. The third kappa shape index (κ3) is 3.32. The number of hydrogen-bond donors (Lipinski definition) is 2. The highest BCUT2D eigenvalue weighted by Gasteiger charge is 2.51. The number of rotatable bonds is 5. The molecule has 27 heavy (non-hydrogen) atoms. The molecule has 0 aromatic heterocycles. The number of nitrogens with one attached hydrogen (secondary N) is 1. The lowest BCUT2D eigenvalue weighted by Gasteiger charge is -2.54. The number of carboxylic acid groups (broad SMARTS) is 1. The molecule has 4 rings (SSSR count). The van der Waals surface area contributed by atoms with E-state index in [0.29, 0.717) is 0 Å². The Kier molecular flexibility index (Phi) is 5.08. The molecule has 0 bridgehead atoms. The van der Waals surface area contributed by atoms with Gasteiger partial charge in [-0.1, -0.05) is 56.1 Å². The van der Waals surface area contributed by atoms with E-state index < -0.39 is 11.6 Å². The number of hydrogen-bond acceptors (Lipinski definition) is 2. The standard InChI is InChI=1S/C21H22Br2N2O2/c22-17-7-3-15(4-8-17)20(11-1-12-20)24-25(19(26)27)21(13-2-14-21)16-5-9-18(23)10-6-16/h3-10,24H,1-2,11-14H2,(H,26,27). The number of benzene rings is 2. The highest BCUT2D eigenvalue weighted by Crippen LogP contribution is 2.49. The molecular weight excluding hydrogens is 472 g/mol. The fourth-order valence-corrected chi connectivity index (χ4v) is 4.76. The maximum absolute atomic E-state index is 12.3. The van der Waals surface area contributed by atoms with E-state index in [2.05, 4.69) is 49.4 Å². The minimum atomic E-state index is -0.916. The van der Waals surface area contributed by atoms with Gasteiger partial charge in [-0.2, -0.15) is 0 Å². The van der Waals surface area contributed by atoms with E-state index in [-0.39, 0.29) is 5.54 Å². The molecule has 0 radical (unpaired) electrons. The summed E-state index contributed by atoms with van der Waals surface area (Å²) in [5.74, 6) is 0. The topological polar surface area (TPSA) is 52.6 Å². The van der Waals surface area contributed by atoms with E-state index in [0.717, 1.165) is 58.6 Å². The number of hydrazine groups is 1. The first-order valence-corrected chi connectivity index (χ1v) is 10.9. The summed E-state index contributed by atoms with van der Waals surface area (Å²) in [6.07, 6.45) is 4.77. The Balaban J connectivity index is 1.69. The summed E-state index contributed by atoms with van der Waals surface area (Å²) in [5.41, 5.74) is 4.86. The molecule has 2 aliphatic carbocycles. The first-order chi connectivity index (χ1) is 13.0. The van der Waals surface area contributed by atoms with Crippen molar-refractivity contribution in [2.45, 2.75) is 49.6 Å². The molecule has 142 valence electrons. The summed E-state index contributed by atoms with van der Waals surface area (Å²) < 4.78 is 2.03. The van der Waals surface area contributed by atoms with Crippen molar-refractivity contribution in [3.05, 3.63) is 68.6 Å². The van der Waals surface area contributed by atoms with E-state index in [1.807, 2.05) is 36.4 Å². The molecule has 2 N–H and O–H groups in total. The Morgan fingerprint density at radius 1 is 0.852 bits per heavy atom. The second-order valence-electron chi connectivity index (χ2n) is 7.56.